The quantitative estimate of drug-likeness (QED) is 0.549. The molecule has 3 aromatic rings. The highest BCUT2D eigenvalue weighted by Crippen LogP contribution is 2.28. The van der Waals surface area contributed by atoms with E-state index in [2.05, 4.69) is 15.4 Å². The summed E-state index contributed by atoms with van der Waals surface area (Å²) >= 11 is 0. The Morgan fingerprint density at radius 3 is 2.89 bits per heavy atom. The van der Waals surface area contributed by atoms with Crippen LogP contribution < -0.4 is 15.1 Å². The van der Waals surface area contributed by atoms with Crippen LogP contribution in [0.5, 0.6) is 5.75 Å². The molecule has 1 saturated heterocycles. The number of fused-ring (bicyclic) bond motifs is 1. The highest BCUT2D eigenvalue weighted by atomic mass is 16.5. The second-order valence-corrected chi connectivity index (χ2v) is 5.96. The van der Waals surface area contributed by atoms with Gasteiger partial charge in [-0.15, -0.1) is 0 Å². The van der Waals surface area contributed by atoms with E-state index in [1.54, 1.807) is 25.3 Å². The molecule has 3 heterocycles. The number of nitrogens with zero attached hydrogens (tertiary/aromatic N) is 2. The summed E-state index contributed by atoms with van der Waals surface area (Å²) in [6.07, 6.45) is 1.45. The van der Waals surface area contributed by atoms with Crippen molar-refractivity contribution < 1.29 is 23.1 Å². The van der Waals surface area contributed by atoms with Gasteiger partial charge < -0.3 is 23.2 Å². The number of ether oxygens (including phenoxy) is 2. The van der Waals surface area contributed by atoms with Crippen LogP contribution in [-0.2, 0) is 4.74 Å². The lowest BCUT2D eigenvalue weighted by molar-refractivity contribution is 0.0929. The SMILES string of the molecule is COc1cccc2cc(C(=O)N/N=C\c3ccc(N4CCOCC4)o3)oc12. The molecule has 0 bridgehead atoms. The van der Waals surface area contributed by atoms with Crippen LogP contribution in [0.3, 0.4) is 0 Å². The largest absolute Gasteiger partial charge is 0.493 e. The Balaban J connectivity index is 1.41. The van der Waals surface area contributed by atoms with Crippen molar-refractivity contribution in [3.8, 4) is 5.75 Å². The lowest BCUT2D eigenvalue weighted by atomic mass is 10.2. The molecule has 1 N–H and O–H groups in total. The molecule has 1 aliphatic heterocycles. The predicted octanol–water partition coefficient (Wildman–Crippen LogP) is 2.63. The van der Waals surface area contributed by atoms with Gasteiger partial charge in [-0.25, -0.2) is 5.43 Å². The van der Waals surface area contributed by atoms with E-state index in [0.717, 1.165) is 24.4 Å². The van der Waals surface area contributed by atoms with E-state index in [0.29, 0.717) is 30.3 Å². The van der Waals surface area contributed by atoms with E-state index >= 15 is 0 Å². The topological polar surface area (TPSA) is 89.4 Å². The Kier molecular flexibility index (Phi) is 4.80. The minimum absolute atomic E-state index is 0.153. The molecule has 0 unspecified atom stereocenters. The molecule has 1 aromatic carbocycles. The molecule has 1 amide bonds. The van der Waals surface area contributed by atoms with Gasteiger partial charge in [0.1, 0.15) is 5.76 Å². The van der Waals surface area contributed by atoms with Gasteiger partial charge in [0.05, 0.1) is 26.5 Å². The summed E-state index contributed by atoms with van der Waals surface area (Å²) in [6.45, 7) is 2.94. The number of nitrogens with one attached hydrogen (secondary N) is 1. The van der Waals surface area contributed by atoms with Gasteiger partial charge in [-0.05, 0) is 18.2 Å². The lowest BCUT2D eigenvalue weighted by Crippen LogP contribution is -2.35. The summed E-state index contributed by atoms with van der Waals surface area (Å²) in [6, 6.07) is 10.8. The summed E-state index contributed by atoms with van der Waals surface area (Å²) in [5.74, 6) is 1.57. The minimum atomic E-state index is -0.454. The standard InChI is InChI=1S/C19H19N3O5/c1-24-15-4-2-3-13-11-16(27-18(13)15)19(23)21-20-12-14-5-6-17(26-14)22-7-9-25-10-8-22/h2-6,11-12H,7-10H2,1H3,(H,21,23)/b20-12-. The molecule has 2 aromatic heterocycles. The first-order chi connectivity index (χ1) is 13.2. The van der Waals surface area contributed by atoms with Crippen molar-refractivity contribution in [3.63, 3.8) is 0 Å². The summed E-state index contributed by atoms with van der Waals surface area (Å²) in [5.41, 5.74) is 2.96. The number of amides is 1. The van der Waals surface area contributed by atoms with E-state index in [9.17, 15) is 4.79 Å². The zero-order valence-electron chi connectivity index (χ0n) is 14.8. The monoisotopic (exact) mass is 369 g/mol. The van der Waals surface area contributed by atoms with Crippen LogP contribution in [0, 0.1) is 0 Å². The average molecular weight is 369 g/mol. The second kappa shape index (κ2) is 7.55. The molecule has 0 radical (unpaired) electrons. The van der Waals surface area contributed by atoms with Crippen LogP contribution in [0.2, 0.25) is 0 Å². The number of hydrogen-bond donors (Lipinski definition) is 1. The number of furan rings is 2. The number of methoxy groups -OCH3 is 1. The van der Waals surface area contributed by atoms with E-state index in [4.69, 9.17) is 18.3 Å². The molecule has 8 heteroatoms. The number of carbonyl (C=O) groups is 1. The molecular weight excluding hydrogens is 350 g/mol. The molecule has 0 aliphatic carbocycles. The van der Waals surface area contributed by atoms with Gasteiger partial charge in [0.15, 0.2) is 23.0 Å². The smallest absolute Gasteiger partial charge is 0.307 e. The number of anilines is 1. The third kappa shape index (κ3) is 3.65. The Bertz CT molecular complexity index is 969. The fourth-order valence-corrected chi connectivity index (χ4v) is 2.88. The van der Waals surface area contributed by atoms with Crippen molar-refractivity contribution in [3.05, 3.63) is 47.9 Å². The molecule has 1 fully saturated rings. The molecule has 0 spiro atoms. The number of rotatable bonds is 5. The first kappa shape index (κ1) is 17.2. The van der Waals surface area contributed by atoms with Crippen molar-refractivity contribution in [1.29, 1.82) is 0 Å². The van der Waals surface area contributed by atoms with Crippen LogP contribution >= 0.6 is 0 Å². The Labute approximate surface area is 155 Å². The summed E-state index contributed by atoms with van der Waals surface area (Å²) in [5, 5.41) is 4.72. The summed E-state index contributed by atoms with van der Waals surface area (Å²) in [7, 11) is 1.55. The van der Waals surface area contributed by atoms with Gasteiger partial charge in [0.25, 0.3) is 0 Å². The molecule has 4 rings (SSSR count). The van der Waals surface area contributed by atoms with Crippen molar-refractivity contribution in [2.45, 2.75) is 0 Å². The molecule has 0 saturated carbocycles. The Hall–Kier alpha value is -3.26. The summed E-state index contributed by atoms with van der Waals surface area (Å²) in [4.78, 5) is 14.3. The van der Waals surface area contributed by atoms with E-state index in [1.165, 1.54) is 6.21 Å². The number of para-hydroxylation sites is 1. The van der Waals surface area contributed by atoms with Crippen LogP contribution in [0.15, 0.2) is 50.3 Å². The van der Waals surface area contributed by atoms with Crippen molar-refractivity contribution in [1.82, 2.24) is 5.43 Å². The zero-order valence-corrected chi connectivity index (χ0v) is 14.8. The molecule has 27 heavy (non-hydrogen) atoms. The average Bonchev–Trinajstić information content (AvgIpc) is 3.35. The van der Waals surface area contributed by atoms with Gasteiger partial charge in [-0.2, -0.15) is 5.10 Å². The van der Waals surface area contributed by atoms with E-state index in [1.807, 2.05) is 18.2 Å². The number of carbonyl (C=O) groups excluding carboxylic acids is 1. The van der Waals surface area contributed by atoms with Crippen LogP contribution in [0.4, 0.5) is 5.88 Å². The number of morpholine rings is 1. The highest BCUT2D eigenvalue weighted by molar-refractivity contribution is 5.97. The maximum absolute atomic E-state index is 12.2. The summed E-state index contributed by atoms with van der Waals surface area (Å²) < 4.78 is 21.9. The van der Waals surface area contributed by atoms with Crippen molar-refractivity contribution >= 4 is 29.0 Å². The third-order valence-electron chi connectivity index (χ3n) is 4.24. The van der Waals surface area contributed by atoms with Gasteiger partial charge in [-0.1, -0.05) is 12.1 Å². The van der Waals surface area contributed by atoms with Crippen molar-refractivity contribution in [2.24, 2.45) is 5.10 Å². The minimum Gasteiger partial charge on any atom is -0.493 e. The van der Waals surface area contributed by atoms with Gasteiger partial charge in [0, 0.05) is 24.5 Å². The zero-order chi connectivity index (χ0) is 18.6. The highest BCUT2D eigenvalue weighted by Gasteiger charge is 2.15. The fourth-order valence-electron chi connectivity index (χ4n) is 2.88. The molecule has 1 aliphatic rings. The van der Waals surface area contributed by atoms with Gasteiger partial charge >= 0.3 is 5.91 Å². The molecule has 0 atom stereocenters. The van der Waals surface area contributed by atoms with Crippen LogP contribution in [0.25, 0.3) is 11.0 Å². The van der Waals surface area contributed by atoms with Gasteiger partial charge in [-0.3, -0.25) is 4.79 Å². The maximum Gasteiger partial charge on any atom is 0.307 e. The normalized spacial score (nSPS) is 14.8. The molecule has 8 nitrogen and oxygen atoms in total. The number of hydrogen-bond acceptors (Lipinski definition) is 7. The van der Waals surface area contributed by atoms with E-state index < -0.39 is 5.91 Å². The van der Waals surface area contributed by atoms with Crippen molar-refractivity contribution in [2.75, 3.05) is 38.3 Å². The second-order valence-electron chi connectivity index (χ2n) is 5.96. The van der Waals surface area contributed by atoms with Crippen LogP contribution in [-0.4, -0.2) is 45.5 Å². The fraction of sp³-hybridized carbons (Fsp3) is 0.263. The van der Waals surface area contributed by atoms with Crippen LogP contribution in [0.1, 0.15) is 16.3 Å². The first-order valence-corrected chi connectivity index (χ1v) is 8.57. The molecular formula is C19H19N3O5. The molecule has 140 valence electrons. The predicted molar refractivity (Wildman–Crippen MR) is 99.6 cm³/mol. The van der Waals surface area contributed by atoms with E-state index in [-0.39, 0.29) is 5.76 Å². The maximum atomic E-state index is 12.2. The Morgan fingerprint density at radius 2 is 2.07 bits per heavy atom. The Morgan fingerprint density at radius 1 is 1.22 bits per heavy atom. The number of hydrazone groups is 1. The van der Waals surface area contributed by atoms with Gasteiger partial charge in [0.2, 0.25) is 0 Å². The third-order valence-corrected chi connectivity index (χ3v) is 4.24. The number of benzene rings is 1. The lowest BCUT2D eigenvalue weighted by Gasteiger charge is -2.26. The first-order valence-electron chi connectivity index (χ1n) is 8.57.